The standard InChI is InChI=1S/C13H19FN2OS/c1-16(11-4-3-5-11)9-10-6-7-13(12(14)8-10)18(2,15)17/h6-8,11,15H,3-5,9H2,1-2H3. The molecule has 2 rings (SSSR count). The smallest absolute Gasteiger partial charge is 0.140 e. The van der Waals surface area contributed by atoms with Gasteiger partial charge in [-0.1, -0.05) is 12.5 Å². The molecule has 1 atom stereocenters. The number of nitrogens with zero attached hydrogens (tertiary/aromatic N) is 1. The van der Waals surface area contributed by atoms with Crippen LogP contribution in [0.3, 0.4) is 0 Å². The molecule has 1 unspecified atom stereocenters. The second-order valence-corrected chi connectivity index (χ2v) is 7.24. The fourth-order valence-electron chi connectivity index (χ4n) is 2.20. The molecular formula is C13H19FN2OS. The van der Waals surface area contributed by atoms with Crippen molar-refractivity contribution in [3.8, 4) is 0 Å². The lowest BCUT2D eigenvalue weighted by Gasteiger charge is -2.34. The molecule has 1 aliphatic carbocycles. The molecule has 18 heavy (non-hydrogen) atoms. The van der Waals surface area contributed by atoms with Crippen molar-refractivity contribution >= 4 is 9.73 Å². The van der Waals surface area contributed by atoms with Gasteiger partial charge in [0.2, 0.25) is 0 Å². The second kappa shape index (κ2) is 4.97. The SMILES string of the molecule is CN(Cc1ccc(S(C)(=N)=O)c(F)c1)C1CCC1. The number of benzene rings is 1. The van der Waals surface area contributed by atoms with Crippen molar-refractivity contribution in [2.75, 3.05) is 13.3 Å². The van der Waals surface area contributed by atoms with E-state index >= 15 is 0 Å². The van der Waals surface area contributed by atoms with Crippen LogP contribution in [-0.4, -0.2) is 28.5 Å². The third-order valence-electron chi connectivity index (χ3n) is 3.55. The Hall–Kier alpha value is -0.940. The van der Waals surface area contributed by atoms with Crippen molar-refractivity contribution in [1.82, 2.24) is 4.90 Å². The summed E-state index contributed by atoms with van der Waals surface area (Å²) in [5.74, 6) is -0.531. The van der Waals surface area contributed by atoms with Crippen molar-refractivity contribution in [2.24, 2.45) is 0 Å². The van der Waals surface area contributed by atoms with Gasteiger partial charge < -0.3 is 0 Å². The van der Waals surface area contributed by atoms with Gasteiger partial charge in [-0.25, -0.2) is 13.4 Å². The molecule has 0 bridgehead atoms. The molecule has 5 heteroatoms. The van der Waals surface area contributed by atoms with E-state index in [1.807, 2.05) is 7.05 Å². The van der Waals surface area contributed by atoms with Gasteiger partial charge in [-0.05, 0) is 37.6 Å². The molecule has 0 aromatic heterocycles. The van der Waals surface area contributed by atoms with Crippen LogP contribution in [0, 0.1) is 10.6 Å². The minimum atomic E-state index is -2.98. The van der Waals surface area contributed by atoms with Crippen LogP contribution in [0.15, 0.2) is 23.1 Å². The average Bonchev–Trinajstić information content (AvgIpc) is 2.11. The number of hydrogen-bond donors (Lipinski definition) is 1. The van der Waals surface area contributed by atoms with Crippen LogP contribution in [0.1, 0.15) is 24.8 Å². The van der Waals surface area contributed by atoms with Gasteiger partial charge in [0, 0.05) is 18.8 Å². The molecule has 0 amide bonds. The first-order valence-corrected chi connectivity index (χ1v) is 8.07. The van der Waals surface area contributed by atoms with E-state index in [2.05, 4.69) is 4.90 Å². The second-order valence-electron chi connectivity index (χ2n) is 5.11. The maximum atomic E-state index is 13.8. The molecular weight excluding hydrogens is 251 g/mol. The van der Waals surface area contributed by atoms with Gasteiger partial charge in [-0.2, -0.15) is 0 Å². The first-order chi connectivity index (χ1) is 8.38. The highest BCUT2D eigenvalue weighted by Crippen LogP contribution is 2.25. The third-order valence-corrected chi connectivity index (χ3v) is 4.72. The van der Waals surface area contributed by atoms with Crippen LogP contribution in [0.2, 0.25) is 0 Å². The predicted octanol–water partition coefficient (Wildman–Crippen LogP) is 2.85. The Balaban J connectivity index is 2.13. The monoisotopic (exact) mass is 270 g/mol. The van der Waals surface area contributed by atoms with Crippen LogP contribution in [0.5, 0.6) is 0 Å². The predicted molar refractivity (Wildman–Crippen MR) is 70.6 cm³/mol. The maximum absolute atomic E-state index is 13.8. The van der Waals surface area contributed by atoms with Gasteiger partial charge in [-0.15, -0.1) is 0 Å². The molecule has 0 saturated heterocycles. The molecule has 100 valence electrons. The molecule has 1 N–H and O–H groups in total. The lowest BCUT2D eigenvalue weighted by molar-refractivity contribution is 0.152. The van der Waals surface area contributed by atoms with E-state index in [1.54, 1.807) is 6.07 Å². The van der Waals surface area contributed by atoms with Gasteiger partial charge in [-0.3, -0.25) is 4.90 Å². The highest BCUT2D eigenvalue weighted by atomic mass is 32.2. The van der Waals surface area contributed by atoms with Crippen LogP contribution >= 0.6 is 0 Å². The molecule has 1 aromatic rings. The van der Waals surface area contributed by atoms with E-state index in [9.17, 15) is 8.60 Å². The zero-order chi connectivity index (χ0) is 13.3. The van der Waals surface area contributed by atoms with Gasteiger partial charge in [0.05, 0.1) is 14.6 Å². The van der Waals surface area contributed by atoms with Gasteiger partial charge in [0.25, 0.3) is 0 Å². The molecule has 0 spiro atoms. The Bertz CT molecular complexity index is 538. The molecule has 3 nitrogen and oxygen atoms in total. The van der Waals surface area contributed by atoms with Crippen molar-refractivity contribution in [2.45, 2.75) is 36.7 Å². The Labute approximate surface area is 108 Å². The highest BCUT2D eigenvalue weighted by molar-refractivity contribution is 7.91. The van der Waals surface area contributed by atoms with E-state index in [0.29, 0.717) is 12.6 Å². The zero-order valence-corrected chi connectivity index (χ0v) is 11.6. The van der Waals surface area contributed by atoms with Crippen LogP contribution < -0.4 is 0 Å². The van der Waals surface area contributed by atoms with Gasteiger partial charge in [0.1, 0.15) is 5.82 Å². The number of hydrogen-bond acceptors (Lipinski definition) is 3. The average molecular weight is 270 g/mol. The largest absolute Gasteiger partial charge is 0.299 e. The molecule has 0 radical (unpaired) electrons. The fourth-order valence-corrected chi connectivity index (χ4v) is 2.96. The Morgan fingerprint density at radius 3 is 2.61 bits per heavy atom. The minimum Gasteiger partial charge on any atom is -0.299 e. The Kier molecular flexibility index (Phi) is 3.73. The summed E-state index contributed by atoms with van der Waals surface area (Å²) in [5.41, 5.74) is 0.870. The van der Waals surface area contributed by atoms with Crippen molar-refractivity contribution in [1.29, 1.82) is 4.78 Å². The van der Waals surface area contributed by atoms with E-state index in [1.165, 1.54) is 37.7 Å². The van der Waals surface area contributed by atoms with E-state index in [4.69, 9.17) is 4.78 Å². The van der Waals surface area contributed by atoms with Crippen LogP contribution in [-0.2, 0) is 16.3 Å². The fraction of sp³-hybridized carbons (Fsp3) is 0.538. The number of rotatable bonds is 4. The molecule has 1 saturated carbocycles. The summed E-state index contributed by atoms with van der Waals surface area (Å²) in [6, 6.07) is 5.27. The van der Waals surface area contributed by atoms with Crippen LogP contribution in [0.4, 0.5) is 4.39 Å². The highest BCUT2D eigenvalue weighted by Gasteiger charge is 2.22. The quantitative estimate of drug-likeness (QED) is 0.914. The van der Waals surface area contributed by atoms with E-state index in [0.717, 1.165) is 5.56 Å². The van der Waals surface area contributed by atoms with Gasteiger partial charge in [0.15, 0.2) is 0 Å². The minimum absolute atomic E-state index is 0.00227. The van der Waals surface area contributed by atoms with E-state index < -0.39 is 15.5 Å². The maximum Gasteiger partial charge on any atom is 0.140 e. The number of nitrogens with one attached hydrogen (secondary N) is 1. The lowest BCUT2D eigenvalue weighted by atomic mass is 9.91. The normalized spacial score (nSPS) is 19.6. The molecule has 0 aliphatic heterocycles. The summed E-state index contributed by atoms with van der Waals surface area (Å²) < 4.78 is 32.7. The van der Waals surface area contributed by atoms with Crippen molar-refractivity contribution in [3.63, 3.8) is 0 Å². The number of halogens is 1. The molecule has 1 aliphatic rings. The molecule has 1 aromatic carbocycles. The van der Waals surface area contributed by atoms with E-state index in [-0.39, 0.29) is 4.90 Å². The van der Waals surface area contributed by atoms with Gasteiger partial charge >= 0.3 is 0 Å². The first-order valence-electron chi connectivity index (χ1n) is 6.10. The topological polar surface area (TPSA) is 44.2 Å². The zero-order valence-electron chi connectivity index (χ0n) is 10.8. The summed E-state index contributed by atoms with van der Waals surface area (Å²) in [6.07, 6.45) is 4.95. The summed E-state index contributed by atoms with van der Waals surface area (Å²) in [5, 5.41) is 0. The summed E-state index contributed by atoms with van der Waals surface area (Å²) in [6.45, 7) is 0.699. The van der Waals surface area contributed by atoms with Crippen molar-refractivity contribution < 1.29 is 8.60 Å². The van der Waals surface area contributed by atoms with Crippen LogP contribution in [0.25, 0.3) is 0 Å². The molecule has 1 fully saturated rings. The Morgan fingerprint density at radius 1 is 1.50 bits per heavy atom. The lowest BCUT2D eigenvalue weighted by Crippen LogP contribution is -2.36. The summed E-state index contributed by atoms with van der Waals surface area (Å²) in [7, 11) is -0.932. The molecule has 0 heterocycles. The summed E-state index contributed by atoms with van der Waals surface area (Å²) in [4.78, 5) is 2.22. The summed E-state index contributed by atoms with van der Waals surface area (Å²) >= 11 is 0. The third kappa shape index (κ3) is 2.90. The Morgan fingerprint density at radius 2 is 2.17 bits per heavy atom. The first kappa shape index (κ1) is 13.5. The van der Waals surface area contributed by atoms with Crippen molar-refractivity contribution in [3.05, 3.63) is 29.6 Å².